The van der Waals surface area contributed by atoms with Gasteiger partial charge in [-0.05, 0) is 77.0 Å². The van der Waals surface area contributed by atoms with E-state index >= 15 is 0 Å². The molecule has 0 aliphatic carbocycles. The van der Waals surface area contributed by atoms with Gasteiger partial charge in [-0.3, -0.25) is 9.59 Å². The van der Waals surface area contributed by atoms with Crippen molar-refractivity contribution in [2.75, 3.05) is 47.5 Å². The summed E-state index contributed by atoms with van der Waals surface area (Å²) in [6.07, 6.45) is 41.6. The lowest BCUT2D eigenvalue weighted by molar-refractivity contribution is -0.870. The molecule has 324 valence electrons. The van der Waals surface area contributed by atoms with Gasteiger partial charge in [0.1, 0.15) is 13.2 Å². The molecule has 0 radical (unpaired) electrons. The van der Waals surface area contributed by atoms with Crippen LogP contribution in [0.5, 0.6) is 0 Å². The lowest BCUT2D eigenvalue weighted by Gasteiger charge is -2.25. The van der Waals surface area contributed by atoms with Crippen LogP contribution in [0.1, 0.15) is 174 Å². The molecule has 0 aromatic rings. The van der Waals surface area contributed by atoms with Crippen LogP contribution in [0.15, 0.2) is 48.6 Å². The minimum atomic E-state index is -1.51. The third kappa shape index (κ3) is 39.5. The van der Waals surface area contributed by atoms with Crippen LogP contribution in [0.2, 0.25) is 0 Å². The van der Waals surface area contributed by atoms with Gasteiger partial charge in [-0.2, -0.15) is 0 Å². The SMILES string of the molecule is CCCCC/C=C\C/C=C\C/C=C\CCCCCCCCC(=O)OC(COC(=O)CCCCCCC/C=C\CCCCC)COC(OCC[N+](C)(C)C)C(=O)O. The molecule has 0 fully saturated rings. The number of nitrogens with zero attached hydrogens (tertiary/aromatic N) is 1. The van der Waals surface area contributed by atoms with Crippen molar-refractivity contribution in [1.82, 2.24) is 0 Å². The second kappa shape index (κ2) is 39.1. The number of allylic oxidation sites excluding steroid dienone is 8. The van der Waals surface area contributed by atoms with Crippen LogP contribution in [0.4, 0.5) is 0 Å². The second-order valence-electron chi connectivity index (χ2n) is 16.0. The fourth-order valence-electron chi connectivity index (χ4n) is 5.78. The molecule has 0 spiro atoms. The molecule has 9 nitrogen and oxygen atoms in total. The fourth-order valence-corrected chi connectivity index (χ4v) is 5.78. The number of esters is 2. The highest BCUT2D eigenvalue weighted by atomic mass is 16.7. The van der Waals surface area contributed by atoms with E-state index in [-0.39, 0.29) is 38.6 Å². The Balaban J connectivity index is 4.47. The van der Waals surface area contributed by atoms with E-state index in [9.17, 15) is 19.5 Å². The lowest BCUT2D eigenvalue weighted by Crippen LogP contribution is -2.40. The molecule has 0 saturated carbocycles. The molecule has 0 aromatic carbocycles. The molecule has 0 bridgehead atoms. The van der Waals surface area contributed by atoms with E-state index < -0.39 is 24.3 Å². The minimum absolute atomic E-state index is 0.182. The van der Waals surface area contributed by atoms with E-state index in [1.807, 2.05) is 21.1 Å². The zero-order valence-corrected chi connectivity index (χ0v) is 36.5. The maximum absolute atomic E-state index is 12.8. The number of unbranched alkanes of at least 4 members (excludes halogenated alkanes) is 17. The molecule has 0 aromatic heterocycles. The first kappa shape index (κ1) is 53.2. The Labute approximate surface area is 342 Å². The molecule has 2 unspecified atom stereocenters. The number of carbonyl (C=O) groups excluding carboxylic acids is 2. The van der Waals surface area contributed by atoms with E-state index in [1.165, 1.54) is 51.4 Å². The number of hydrogen-bond donors (Lipinski definition) is 1. The van der Waals surface area contributed by atoms with Crippen molar-refractivity contribution in [3.63, 3.8) is 0 Å². The molecule has 0 aliphatic rings. The molecule has 2 atom stereocenters. The van der Waals surface area contributed by atoms with Gasteiger partial charge in [-0.15, -0.1) is 0 Å². The predicted octanol–water partition coefficient (Wildman–Crippen LogP) is 11.6. The summed E-state index contributed by atoms with van der Waals surface area (Å²) in [5.41, 5.74) is 0. The second-order valence-corrected chi connectivity index (χ2v) is 16.0. The third-order valence-corrected chi connectivity index (χ3v) is 9.31. The van der Waals surface area contributed by atoms with E-state index in [2.05, 4.69) is 62.5 Å². The highest BCUT2D eigenvalue weighted by Gasteiger charge is 2.25. The number of hydrogen-bond acceptors (Lipinski definition) is 7. The molecular weight excluding hydrogens is 707 g/mol. The maximum Gasteiger partial charge on any atom is 0.361 e. The summed E-state index contributed by atoms with van der Waals surface area (Å²) in [5.74, 6) is -2.04. The Bertz CT molecular complexity index is 1060. The van der Waals surface area contributed by atoms with Crippen molar-refractivity contribution in [2.24, 2.45) is 0 Å². The van der Waals surface area contributed by atoms with E-state index in [0.717, 1.165) is 89.9 Å². The molecule has 9 heteroatoms. The topological polar surface area (TPSA) is 108 Å². The van der Waals surface area contributed by atoms with Gasteiger partial charge in [0, 0.05) is 12.8 Å². The first-order valence-electron chi connectivity index (χ1n) is 22.3. The van der Waals surface area contributed by atoms with E-state index in [1.54, 1.807) is 0 Å². The minimum Gasteiger partial charge on any atom is -0.477 e. The average Bonchev–Trinajstić information content (AvgIpc) is 3.15. The Morgan fingerprint density at radius 3 is 1.45 bits per heavy atom. The van der Waals surface area contributed by atoms with Crippen LogP contribution < -0.4 is 0 Å². The van der Waals surface area contributed by atoms with Crippen molar-refractivity contribution >= 4 is 17.9 Å². The van der Waals surface area contributed by atoms with Crippen molar-refractivity contribution < 1.29 is 42.9 Å². The number of likely N-dealkylation sites (N-methyl/N-ethyl adjacent to an activating group) is 1. The van der Waals surface area contributed by atoms with Gasteiger partial charge >= 0.3 is 17.9 Å². The van der Waals surface area contributed by atoms with Crippen LogP contribution in [0.3, 0.4) is 0 Å². The van der Waals surface area contributed by atoms with Crippen molar-refractivity contribution in [1.29, 1.82) is 0 Å². The van der Waals surface area contributed by atoms with Gasteiger partial charge in [0.15, 0.2) is 6.10 Å². The molecule has 0 rings (SSSR count). The summed E-state index contributed by atoms with van der Waals surface area (Å²) in [7, 11) is 5.94. The van der Waals surface area contributed by atoms with Crippen molar-refractivity contribution in [3.8, 4) is 0 Å². The van der Waals surface area contributed by atoms with Gasteiger partial charge in [0.2, 0.25) is 0 Å². The first-order valence-corrected chi connectivity index (χ1v) is 22.3. The number of carboxylic acids is 1. The van der Waals surface area contributed by atoms with Gasteiger partial charge in [0.05, 0.1) is 34.4 Å². The smallest absolute Gasteiger partial charge is 0.361 e. The Kier molecular flexibility index (Phi) is 37.2. The zero-order chi connectivity index (χ0) is 41.4. The first-order chi connectivity index (χ1) is 27.1. The van der Waals surface area contributed by atoms with Crippen LogP contribution in [-0.2, 0) is 33.3 Å². The summed E-state index contributed by atoms with van der Waals surface area (Å²) in [5, 5.41) is 9.62. The average molecular weight is 791 g/mol. The summed E-state index contributed by atoms with van der Waals surface area (Å²) >= 11 is 0. The van der Waals surface area contributed by atoms with Crippen molar-refractivity contribution in [3.05, 3.63) is 48.6 Å². The number of rotatable bonds is 40. The van der Waals surface area contributed by atoms with Gasteiger partial charge in [-0.1, -0.05) is 133 Å². The highest BCUT2D eigenvalue weighted by molar-refractivity contribution is 5.71. The van der Waals surface area contributed by atoms with Gasteiger partial charge < -0.3 is 28.5 Å². The number of quaternary nitrogens is 1. The molecule has 0 saturated heterocycles. The maximum atomic E-state index is 12.8. The Hall–Kier alpha value is -2.75. The van der Waals surface area contributed by atoms with Crippen LogP contribution >= 0.6 is 0 Å². The number of ether oxygens (including phenoxy) is 4. The molecular formula is C47H84NO8+. The van der Waals surface area contributed by atoms with Gasteiger partial charge in [-0.25, -0.2) is 4.79 Å². The quantitative estimate of drug-likeness (QED) is 0.0215. The predicted molar refractivity (Wildman–Crippen MR) is 230 cm³/mol. The standard InChI is InChI=1S/C47H83NO8/c1-6-8-10-12-14-16-18-20-21-22-23-24-25-26-28-30-32-34-36-38-45(50)56-43(42-55-47(46(51)52)53-40-39-48(3,4)5)41-54-44(49)37-35-33-31-29-27-19-17-15-13-11-9-7-2/h14-17,20-21,23-24,43,47H,6-13,18-19,22,25-42H2,1-5H3/p+1/b16-14-,17-15-,21-20-,24-23-. The fraction of sp³-hybridized carbons (Fsp3) is 0.766. The van der Waals surface area contributed by atoms with E-state index in [4.69, 9.17) is 18.9 Å². The summed E-state index contributed by atoms with van der Waals surface area (Å²) in [4.78, 5) is 37.1. The number of carboxylic acid groups (broad SMARTS) is 1. The molecule has 56 heavy (non-hydrogen) atoms. The number of carbonyl (C=O) groups is 3. The lowest BCUT2D eigenvalue weighted by atomic mass is 10.1. The largest absolute Gasteiger partial charge is 0.477 e. The van der Waals surface area contributed by atoms with Crippen LogP contribution in [-0.4, -0.2) is 87.4 Å². The van der Waals surface area contributed by atoms with E-state index in [0.29, 0.717) is 17.4 Å². The normalized spacial score (nSPS) is 13.4. The monoisotopic (exact) mass is 791 g/mol. The summed E-state index contributed by atoms with van der Waals surface area (Å²) in [6, 6.07) is 0. The number of aliphatic carboxylic acids is 1. The molecule has 0 amide bonds. The molecule has 0 aliphatic heterocycles. The molecule has 1 N–H and O–H groups in total. The van der Waals surface area contributed by atoms with Crippen molar-refractivity contribution in [2.45, 2.75) is 187 Å². The summed E-state index contributed by atoms with van der Waals surface area (Å²) < 4.78 is 22.7. The van der Waals surface area contributed by atoms with Crippen LogP contribution in [0.25, 0.3) is 0 Å². The molecule has 0 heterocycles. The van der Waals surface area contributed by atoms with Crippen LogP contribution in [0, 0.1) is 0 Å². The Morgan fingerprint density at radius 2 is 0.964 bits per heavy atom. The Morgan fingerprint density at radius 1 is 0.536 bits per heavy atom. The summed E-state index contributed by atoms with van der Waals surface area (Å²) in [6.45, 7) is 4.78. The van der Waals surface area contributed by atoms with Gasteiger partial charge in [0.25, 0.3) is 6.29 Å². The zero-order valence-electron chi connectivity index (χ0n) is 36.5. The third-order valence-electron chi connectivity index (χ3n) is 9.31. The highest BCUT2D eigenvalue weighted by Crippen LogP contribution is 2.13.